The van der Waals surface area contributed by atoms with Crippen molar-refractivity contribution < 1.29 is 0 Å². The van der Waals surface area contributed by atoms with E-state index in [2.05, 4.69) is 42.2 Å². The van der Waals surface area contributed by atoms with Crippen molar-refractivity contribution in [2.75, 3.05) is 11.1 Å². The van der Waals surface area contributed by atoms with Gasteiger partial charge in [-0.15, -0.1) is 0 Å². The van der Waals surface area contributed by atoms with Gasteiger partial charge in [0.1, 0.15) is 5.82 Å². The summed E-state index contributed by atoms with van der Waals surface area (Å²) in [7, 11) is 1.90. The lowest BCUT2D eigenvalue weighted by Gasteiger charge is -2.09. The van der Waals surface area contributed by atoms with Gasteiger partial charge >= 0.3 is 0 Å². The SMILES string of the molecule is Cc1cccnc1CNc1c(N)c(C(C)C)nn1C. The molecule has 0 saturated heterocycles. The molecule has 0 fully saturated rings. The first-order valence-electron chi connectivity index (χ1n) is 6.47. The summed E-state index contributed by atoms with van der Waals surface area (Å²) in [6.45, 7) is 6.88. The van der Waals surface area contributed by atoms with Gasteiger partial charge in [0, 0.05) is 13.2 Å². The van der Waals surface area contributed by atoms with E-state index in [1.54, 1.807) is 10.9 Å². The number of nitrogens with zero attached hydrogens (tertiary/aromatic N) is 3. The smallest absolute Gasteiger partial charge is 0.148 e. The fraction of sp³-hybridized carbons (Fsp3) is 0.429. The van der Waals surface area contributed by atoms with Crippen LogP contribution in [0.4, 0.5) is 11.5 Å². The van der Waals surface area contributed by atoms with Crippen molar-refractivity contribution in [1.82, 2.24) is 14.8 Å². The van der Waals surface area contributed by atoms with Gasteiger partial charge in [0.2, 0.25) is 0 Å². The van der Waals surface area contributed by atoms with E-state index in [0.717, 1.165) is 22.9 Å². The number of hydrogen-bond acceptors (Lipinski definition) is 4. The third-order valence-corrected chi connectivity index (χ3v) is 3.20. The zero-order valence-electron chi connectivity index (χ0n) is 11.9. The standard InChI is InChI=1S/C14H21N5/c1-9(2)13-12(15)14(19(4)18-13)17-8-11-10(3)6-5-7-16-11/h5-7,9,17H,8,15H2,1-4H3. The van der Waals surface area contributed by atoms with Crippen LogP contribution in [0, 0.1) is 6.92 Å². The summed E-state index contributed by atoms with van der Waals surface area (Å²) in [5, 5.41) is 7.78. The van der Waals surface area contributed by atoms with Gasteiger partial charge in [0.05, 0.1) is 23.6 Å². The molecule has 2 rings (SSSR count). The van der Waals surface area contributed by atoms with Crippen molar-refractivity contribution in [3.63, 3.8) is 0 Å². The highest BCUT2D eigenvalue weighted by Crippen LogP contribution is 2.27. The molecule has 19 heavy (non-hydrogen) atoms. The van der Waals surface area contributed by atoms with Crippen LogP contribution in [0.25, 0.3) is 0 Å². The zero-order valence-corrected chi connectivity index (χ0v) is 11.9. The Morgan fingerprint density at radius 3 is 2.74 bits per heavy atom. The highest BCUT2D eigenvalue weighted by molar-refractivity contribution is 5.65. The Bertz CT molecular complexity index is 571. The number of nitrogens with one attached hydrogen (secondary N) is 1. The number of pyridine rings is 1. The summed E-state index contributed by atoms with van der Waals surface area (Å²) in [6, 6.07) is 3.99. The molecule has 0 aliphatic rings. The van der Waals surface area contributed by atoms with E-state index in [4.69, 9.17) is 5.73 Å². The number of rotatable bonds is 4. The molecule has 3 N–H and O–H groups in total. The normalized spacial score (nSPS) is 11.0. The van der Waals surface area contributed by atoms with Gasteiger partial charge in [0.25, 0.3) is 0 Å². The van der Waals surface area contributed by atoms with Crippen LogP contribution in [0.5, 0.6) is 0 Å². The molecule has 0 spiro atoms. The van der Waals surface area contributed by atoms with Crippen molar-refractivity contribution >= 4 is 11.5 Å². The van der Waals surface area contributed by atoms with E-state index in [9.17, 15) is 0 Å². The molecule has 5 heteroatoms. The zero-order chi connectivity index (χ0) is 14.0. The minimum atomic E-state index is 0.318. The largest absolute Gasteiger partial charge is 0.394 e. The maximum Gasteiger partial charge on any atom is 0.148 e. The molecule has 2 aromatic rings. The van der Waals surface area contributed by atoms with Gasteiger partial charge in [-0.05, 0) is 24.5 Å². The molecular formula is C14H21N5. The van der Waals surface area contributed by atoms with Gasteiger partial charge < -0.3 is 11.1 Å². The minimum absolute atomic E-state index is 0.318. The molecule has 5 nitrogen and oxygen atoms in total. The van der Waals surface area contributed by atoms with Gasteiger partial charge in [-0.25, -0.2) is 0 Å². The molecule has 0 atom stereocenters. The molecule has 0 aliphatic heterocycles. The average Bonchev–Trinajstić information content (AvgIpc) is 2.65. The molecular weight excluding hydrogens is 238 g/mol. The van der Waals surface area contributed by atoms with Gasteiger partial charge in [-0.2, -0.15) is 5.10 Å². The number of aryl methyl sites for hydroxylation is 2. The number of nitrogen functional groups attached to an aromatic ring is 1. The second-order valence-electron chi connectivity index (χ2n) is 5.05. The van der Waals surface area contributed by atoms with Crippen LogP contribution in [0.15, 0.2) is 18.3 Å². The first-order chi connectivity index (χ1) is 9.00. The summed E-state index contributed by atoms with van der Waals surface area (Å²) in [5.74, 6) is 1.17. The summed E-state index contributed by atoms with van der Waals surface area (Å²) < 4.78 is 1.79. The minimum Gasteiger partial charge on any atom is -0.394 e. The Morgan fingerprint density at radius 2 is 2.16 bits per heavy atom. The molecule has 0 saturated carbocycles. The Labute approximate surface area is 113 Å². The van der Waals surface area contributed by atoms with Gasteiger partial charge in [0.15, 0.2) is 0 Å². The van der Waals surface area contributed by atoms with Gasteiger partial charge in [-0.3, -0.25) is 9.67 Å². The lowest BCUT2D eigenvalue weighted by Crippen LogP contribution is -2.08. The van der Waals surface area contributed by atoms with E-state index in [0.29, 0.717) is 12.5 Å². The average molecular weight is 259 g/mol. The lowest BCUT2D eigenvalue weighted by molar-refractivity contribution is 0.714. The summed E-state index contributed by atoms with van der Waals surface area (Å²) >= 11 is 0. The third kappa shape index (κ3) is 2.70. The molecule has 0 aromatic carbocycles. The number of anilines is 2. The lowest BCUT2D eigenvalue weighted by atomic mass is 10.1. The second-order valence-corrected chi connectivity index (χ2v) is 5.05. The van der Waals surface area contributed by atoms with Crippen LogP contribution < -0.4 is 11.1 Å². The second kappa shape index (κ2) is 5.30. The summed E-state index contributed by atoms with van der Waals surface area (Å²) in [6.07, 6.45) is 1.80. The fourth-order valence-corrected chi connectivity index (χ4v) is 2.07. The Kier molecular flexibility index (Phi) is 3.74. The molecule has 0 amide bonds. The molecule has 2 aromatic heterocycles. The van der Waals surface area contributed by atoms with E-state index < -0.39 is 0 Å². The Morgan fingerprint density at radius 1 is 1.42 bits per heavy atom. The molecule has 0 radical (unpaired) electrons. The third-order valence-electron chi connectivity index (χ3n) is 3.20. The first kappa shape index (κ1) is 13.4. The first-order valence-corrected chi connectivity index (χ1v) is 6.47. The van der Waals surface area contributed by atoms with Crippen molar-refractivity contribution in [1.29, 1.82) is 0 Å². The van der Waals surface area contributed by atoms with Gasteiger partial charge in [-0.1, -0.05) is 19.9 Å². The maximum atomic E-state index is 6.14. The van der Waals surface area contributed by atoms with E-state index in [-0.39, 0.29) is 0 Å². The summed E-state index contributed by atoms with van der Waals surface area (Å²) in [5.41, 5.74) is 9.99. The van der Waals surface area contributed by atoms with Crippen LogP contribution in [0.1, 0.15) is 36.7 Å². The van der Waals surface area contributed by atoms with Crippen molar-refractivity contribution in [3.8, 4) is 0 Å². The van der Waals surface area contributed by atoms with E-state index >= 15 is 0 Å². The van der Waals surface area contributed by atoms with E-state index in [1.165, 1.54) is 5.56 Å². The van der Waals surface area contributed by atoms with Crippen LogP contribution in [-0.4, -0.2) is 14.8 Å². The number of nitrogens with two attached hydrogens (primary N) is 1. The molecule has 0 aliphatic carbocycles. The van der Waals surface area contributed by atoms with Crippen molar-refractivity contribution in [2.45, 2.75) is 33.2 Å². The number of aromatic nitrogens is 3. The Balaban J connectivity index is 2.19. The van der Waals surface area contributed by atoms with Crippen LogP contribution in [0.3, 0.4) is 0 Å². The van der Waals surface area contributed by atoms with Crippen LogP contribution in [-0.2, 0) is 13.6 Å². The van der Waals surface area contributed by atoms with Crippen LogP contribution in [0.2, 0.25) is 0 Å². The predicted octanol–water partition coefficient (Wildman–Crippen LogP) is 2.44. The van der Waals surface area contributed by atoms with Crippen molar-refractivity contribution in [2.24, 2.45) is 7.05 Å². The quantitative estimate of drug-likeness (QED) is 0.885. The van der Waals surface area contributed by atoms with E-state index in [1.807, 2.05) is 13.1 Å². The Hall–Kier alpha value is -2.04. The monoisotopic (exact) mass is 259 g/mol. The predicted molar refractivity (Wildman–Crippen MR) is 78.0 cm³/mol. The molecule has 2 heterocycles. The molecule has 0 bridgehead atoms. The van der Waals surface area contributed by atoms with Crippen LogP contribution >= 0.6 is 0 Å². The maximum absolute atomic E-state index is 6.14. The highest BCUT2D eigenvalue weighted by atomic mass is 15.3. The highest BCUT2D eigenvalue weighted by Gasteiger charge is 2.15. The molecule has 0 unspecified atom stereocenters. The topological polar surface area (TPSA) is 68.8 Å². The molecule has 102 valence electrons. The number of hydrogen-bond donors (Lipinski definition) is 2. The summed E-state index contributed by atoms with van der Waals surface area (Å²) in [4.78, 5) is 4.36. The fourth-order valence-electron chi connectivity index (χ4n) is 2.07. The van der Waals surface area contributed by atoms with Crippen molar-refractivity contribution in [3.05, 3.63) is 35.3 Å².